The van der Waals surface area contributed by atoms with Gasteiger partial charge in [-0.3, -0.25) is 0 Å². The second-order valence-electron chi connectivity index (χ2n) is 5.90. The van der Waals surface area contributed by atoms with E-state index >= 15 is 0 Å². The van der Waals surface area contributed by atoms with E-state index in [0.717, 1.165) is 24.1 Å². The summed E-state index contributed by atoms with van der Waals surface area (Å²) in [7, 11) is 0. The SMILES string of the molecule is CC(C)N(Cc1cccc(N)c1)C(=O)NC1CCCC1. The Morgan fingerprint density at radius 2 is 2.10 bits per heavy atom. The molecular weight excluding hydrogens is 250 g/mol. The maximum absolute atomic E-state index is 12.4. The Morgan fingerprint density at radius 1 is 1.40 bits per heavy atom. The number of amides is 2. The zero-order chi connectivity index (χ0) is 14.5. The maximum Gasteiger partial charge on any atom is 0.318 e. The predicted octanol–water partition coefficient (Wildman–Crippen LogP) is 3.13. The van der Waals surface area contributed by atoms with E-state index in [-0.39, 0.29) is 12.1 Å². The minimum atomic E-state index is 0.0364. The van der Waals surface area contributed by atoms with Crippen LogP contribution in [0.1, 0.15) is 45.1 Å². The van der Waals surface area contributed by atoms with Gasteiger partial charge in [0.05, 0.1) is 0 Å². The molecule has 4 nitrogen and oxygen atoms in total. The van der Waals surface area contributed by atoms with Gasteiger partial charge in [0.25, 0.3) is 0 Å². The lowest BCUT2D eigenvalue weighted by molar-refractivity contribution is 0.176. The van der Waals surface area contributed by atoms with Crippen molar-refractivity contribution in [2.75, 3.05) is 5.73 Å². The molecule has 0 bridgehead atoms. The van der Waals surface area contributed by atoms with Crippen molar-refractivity contribution in [3.63, 3.8) is 0 Å². The molecule has 1 saturated carbocycles. The number of hydrogen-bond acceptors (Lipinski definition) is 2. The van der Waals surface area contributed by atoms with Crippen molar-refractivity contribution in [3.8, 4) is 0 Å². The van der Waals surface area contributed by atoms with Crippen LogP contribution in [0.3, 0.4) is 0 Å². The van der Waals surface area contributed by atoms with Crippen LogP contribution in [-0.2, 0) is 6.54 Å². The highest BCUT2D eigenvalue weighted by Crippen LogP contribution is 2.19. The Morgan fingerprint density at radius 3 is 2.70 bits per heavy atom. The first-order valence-corrected chi connectivity index (χ1v) is 7.48. The number of hydrogen-bond donors (Lipinski definition) is 2. The summed E-state index contributed by atoms with van der Waals surface area (Å²) in [6, 6.07) is 8.28. The zero-order valence-corrected chi connectivity index (χ0v) is 12.4. The lowest BCUT2D eigenvalue weighted by Gasteiger charge is -2.28. The van der Waals surface area contributed by atoms with E-state index in [1.165, 1.54) is 12.8 Å². The molecular formula is C16H25N3O. The van der Waals surface area contributed by atoms with Crippen LogP contribution in [0.5, 0.6) is 0 Å². The highest BCUT2D eigenvalue weighted by atomic mass is 16.2. The normalized spacial score (nSPS) is 15.6. The van der Waals surface area contributed by atoms with Crippen LogP contribution in [0.2, 0.25) is 0 Å². The summed E-state index contributed by atoms with van der Waals surface area (Å²) in [6.45, 7) is 4.68. The standard InChI is InChI=1S/C16H25N3O/c1-12(2)19(11-13-6-5-7-14(17)10-13)16(20)18-15-8-3-4-9-15/h5-7,10,12,15H,3-4,8-9,11,17H2,1-2H3,(H,18,20). The number of benzene rings is 1. The third-order valence-electron chi connectivity index (χ3n) is 3.87. The van der Waals surface area contributed by atoms with E-state index in [1.54, 1.807) is 0 Å². The minimum absolute atomic E-state index is 0.0364. The first kappa shape index (κ1) is 14.7. The molecule has 0 unspecified atom stereocenters. The summed E-state index contributed by atoms with van der Waals surface area (Å²) >= 11 is 0. The zero-order valence-electron chi connectivity index (χ0n) is 12.4. The van der Waals surface area contributed by atoms with Crippen LogP contribution in [0.25, 0.3) is 0 Å². The molecule has 0 radical (unpaired) electrons. The third-order valence-corrected chi connectivity index (χ3v) is 3.87. The summed E-state index contributed by atoms with van der Waals surface area (Å²) in [6.07, 6.45) is 4.66. The van der Waals surface area contributed by atoms with E-state index in [1.807, 2.05) is 43.0 Å². The Bertz CT molecular complexity index is 453. The van der Waals surface area contributed by atoms with Gasteiger partial charge in [0.15, 0.2) is 0 Å². The third kappa shape index (κ3) is 3.89. The molecule has 0 aromatic heterocycles. The Balaban J connectivity index is 2.00. The second-order valence-corrected chi connectivity index (χ2v) is 5.90. The molecule has 1 aromatic carbocycles. The smallest absolute Gasteiger partial charge is 0.318 e. The molecule has 2 amide bonds. The van der Waals surface area contributed by atoms with Crippen molar-refractivity contribution in [1.29, 1.82) is 0 Å². The van der Waals surface area contributed by atoms with Gasteiger partial charge >= 0.3 is 6.03 Å². The van der Waals surface area contributed by atoms with Gasteiger partial charge in [0.2, 0.25) is 0 Å². The van der Waals surface area contributed by atoms with Gasteiger partial charge in [-0.25, -0.2) is 4.79 Å². The lowest BCUT2D eigenvalue weighted by atomic mass is 10.1. The molecule has 1 aliphatic carbocycles. The highest BCUT2D eigenvalue weighted by molar-refractivity contribution is 5.75. The summed E-state index contributed by atoms with van der Waals surface area (Å²) in [4.78, 5) is 14.3. The molecule has 0 aliphatic heterocycles. The van der Waals surface area contributed by atoms with E-state index in [9.17, 15) is 4.79 Å². The highest BCUT2D eigenvalue weighted by Gasteiger charge is 2.22. The van der Waals surface area contributed by atoms with Gasteiger partial charge in [-0.2, -0.15) is 0 Å². The molecule has 0 spiro atoms. The quantitative estimate of drug-likeness (QED) is 0.829. The first-order chi connectivity index (χ1) is 9.56. The number of rotatable bonds is 4. The maximum atomic E-state index is 12.4. The van der Waals surface area contributed by atoms with E-state index < -0.39 is 0 Å². The number of carbonyl (C=O) groups is 1. The molecule has 1 aromatic rings. The average molecular weight is 275 g/mol. The molecule has 20 heavy (non-hydrogen) atoms. The van der Waals surface area contributed by atoms with Crippen molar-refractivity contribution in [2.24, 2.45) is 0 Å². The summed E-state index contributed by atoms with van der Waals surface area (Å²) in [5.41, 5.74) is 7.61. The van der Waals surface area contributed by atoms with Crippen molar-refractivity contribution in [2.45, 2.75) is 58.2 Å². The topological polar surface area (TPSA) is 58.4 Å². The van der Waals surface area contributed by atoms with Crippen molar-refractivity contribution < 1.29 is 4.79 Å². The molecule has 3 N–H and O–H groups in total. The summed E-state index contributed by atoms with van der Waals surface area (Å²) < 4.78 is 0. The van der Waals surface area contributed by atoms with Crippen LogP contribution in [0.15, 0.2) is 24.3 Å². The van der Waals surface area contributed by atoms with E-state index in [4.69, 9.17) is 5.73 Å². The molecule has 2 rings (SSSR count). The minimum Gasteiger partial charge on any atom is -0.399 e. The lowest BCUT2D eigenvalue weighted by Crippen LogP contribution is -2.46. The van der Waals surface area contributed by atoms with Crippen molar-refractivity contribution in [3.05, 3.63) is 29.8 Å². The molecule has 0 atom stereocenters. The monoisotopic (exact) mass is 275 g/mol. The van der Waals surface area contributed by atoms with Gasteiger partial charge < -0.3 is 16.0 Å². The molecule has 4 heteroatoms. The predicted molar refractivity (Wildman–Crippen MR) is 82.3 cm³/mol. The van der Waals surface area contributed by atoms with Gasteiger partial charge in [0.1, 0.15) is 0 Å². The summed E-state index contributed by atoms with van der Waals surface area (Å²) in [5, 5.41) is 3.15. The molecule has 110 valence electrons. The Hall–Kier alpha value is -1.71. The van der Waals surface area contributed by atoms with Gasteiger partial charge in [-0.15, -0.1) is 0 Å². The molecule has 0 heterocycles. The van der Waals surface area contributed by atoms with Gasteiger partial charge in [-0.05, 0) is 44.4 Å². The van der Waals surface area contributed by atoms with Gasteiger partial charge in [-0.1, -0.05) is 25.0 Å². The first-order valence-electron chi connectivity index (χ1n) is 7.48. The number of nitrogens with zero attached hydrogens (tertiary/aromatic N) is 1. The van der Waals surface area contributed by atoms with Crippen LogP contribution < -0.4 is 11.1 Å². The van der Waals surface area contributed by atoms with Crippen LogP contribution in [0, 0.1) is 0 Å². The van der Waals surface area contributed by atoms with E-state index in [0.29, 0.717) is 12.6 Å². The fraction of sp³-hybridized carbons (Fsp3) is 0.562. The number of nitrogen functional groups attached to an aromatic ring is 1. The Labute approximate surface area is 121 Å². The van der Waals surface area contributed by atoms with Crippen LogP contribution in [0.4, 0.5) is 10.5 Å². The fourth-order valence-corrected chi connectivity index (χ4v) is 2.70. The van der Waals surface area contributed by atoms with Crippen LogP contribution in [-0.4, -0.2) is 23.0 Å². The fourth-order valence-electron chi connectivity index (χ4n) is 2.70. The second kappa shape index (κ2) is 6.64. The number of carbonyl (C=O) groups excluding carboxylic acids is 1. The van der Waals surface area contributed by atoms with Crippen LogP contribution >= 0.6 is 0 Å². The number of anilines is 1. The molecule has 0 saturated heterocycles. The number of urea groups is 1. The number of nitrogens with two attached hydrogens (primary N) is 1. The largest absolute Gasteiger partial charge is 0.399 e. The molecule has 1 aliphatic rings. The summed E-state index contributed by atoms with van der Waals surface area (Å²) in [5.74, 6) is 0. The van der Waals surface area contributed by atoms with E-state index in [2.05, 4.69) is 5.32 Å². The Kier molecular flexibility index (Phi) is 4.88. The van der Waals surface area contributed by atoms with Gasteiger partial charge in [0, 0.05) is 24.3 Å². The molecule has 1 fully saturated rings. The average Bonchev–Trinajstić information content (AvgIpc) is 2.88. The van der Waals surface area contributed by atoms with Crippen molar-refractivity contribution in [1.82, 2.24) is 10.2 Å². The van der Waals surface area contributed by atoms with Crippen molar-refractivity contribution >= 4 is 11.7 Å². The number of nitrogens with one attached hydrogen (secondary N) is 1.